The number of rotatable bonds is 1. The second-order valence-electron chi connectivity index (χ2n) is 4.53. The maximum Gasteiger partial charge on any atom is 0.419 e. The number of imidazole rings is 1. The maximum atomic E-state index is 13.6. The van der Waals surface area contributed by atoms with E-state index in [1.165, 1.54) is 6.07 Å². The number of hydrogen-bond acceptors (Lipinski definition) is 1. The second-order valence-corrected chi connectivity index (χ2v) is 4.94. The van der Waals surface area contributed by atoms with Gasteiger partial charge in [0.25, 0.3) is 0 Å². The van der Waals surface area contributed by atoms with Crippen molar-refractivity contribution in [2.45, 2.75) is 6.18 Å². The number of fused-ring (bicyclic) bond motifs is 1. The van der Waals surface area contributed by atoms with Gasteiger partial charge in [0.1, 0.15) is 5.82 Å². The molecule has 1 heterocycles. The van der Waals surface area contributed by atoms with E-state index < -0.39 is 17.6 Å². The van der Waals surface area contributed by atoms with Crippen LogP contribution in [0.4, 0.5) is 17.6 Å². The largest absolute Gasteiger partial charge is 0.419 e. The first-order valence-corrected chi connectivity index (χ1v) is 6.34. The van der Waals surface area contributed by atoms with E-state index >= 15 is 0 Å². The van der Waals surface area contributed by atoms with Crippen LogP contribution in [0.15, 0.2) is 36.4 Å². The van der Waals surface area contributed by atoms with Gasteiger partial charge in [0, 0.05) is 0 Å². The van der Waals surface area contributed by atoms with Crippen molar-refractivity contribution in [3.63, 3.8) is 0 Å². The highest BCUT2D eigenvalue weighted by molar-refractivity contribution is 7.71. The fourth-order valence-electron chi connectivity index (χ4n) is 2.14. The van der Waals surface area contributed by atoms with Crippen LogP contribution >= 0.6 is 12.2 Å². The van der Waals surface area contributed by atoms with Gasteiger partial charge in [-0.15, -0.1) is 0 Å². The van der Waals surface area contributed by atoms with E-state index in [0.717, 1.165) is 17.6 Å². The van der Waals surface area contributed by atoms with Crippen molar-refractivity contribution in [1.29, 1.82) is 0 Å². The standard InChI is InChI=1S/C14H8F4N2S/c15-10-5-7(1-3-9(10)14(16,17)18)8-2-4-11-12(6-8)20-13(21)19-11/h1-6H,(H2,19,20,21). The van der Waals surface area contributed by atoms with E-state index in [-0.39, 0.29) is 0 Å². The van der Waals surface area contributed by atoms with E-state index in [2.05, 4.69) is 9.97 Å². The molecule has 0 spiro atoms. The molecule has 0 saturated heterocycles. The Morgan fingerprint density at radius 3 is 2.14 bits per heavy atom. The molecule has 0 atom stereocenters. The van der Waals surface area contributed by atoms with Crippen LogP contribution in [-0.2, 0) is 6.18 Å². The quantitative estimate of drug-likeness (QED) is 0.478. The average Bonchev–Trinajstić information content (AvgIpc) is 2.76. The van der Waals surface area contributed by atoms with Gasteiger partial charge in [-0.2, -0.15) is 13.2 Å². The van der Waals surface area contributed by atoms with E-state index in [1.54, 1.807) is 18.2 Å². The van der Waals surface area contributed by atoms with Crippen molar-refractivity contribution in [3.05, 3.63) is 52.5 Å². The number of aromatic amines is 2. The number of aromatic nitrogens is 2. The van der Waals surface area contributed by atoms with Crippen LogP contribution in [0.2, 0.25) is 0 Å². The zero-order valence-electron chi connectivity index (χ0n) is 10.4. The Morgan fingerprint density at radius 2 is 1.48 bits per heavy atom. The summed E-state index contributed by atoms with van der Waals surface area (Å²) in [6.45, 7) is 0. The van der Waals surface area contributed by atoms with Gasteiger partial charge in [0.05, 0.1) is 16.6 Å². The molecule has 0 fully saturated rings. The van der Waals surface area contributed by atoms with Gasteiger partial charge in [-0.1, -0.05) is 12.1 Å². The molecule has 0 unspecified atom stereocenters. The van der Waals surface area contributed by atoms with Crippen LogP contribution < -0.4 is 0 Å². The third-order valence-corrected chi connectivity index (χ3v) is 3.33. The molecular weight excluding hydrogens is 304 g/mol. The van der Waals surface area contributed by atoms with E-state index in [9.17, 15) is 17.6 Å². The summed E-state index contributed by atoms with van der Waals surface area (Å²) in [7, 11) is 0. The van der Waals surface area contributed by atoms with Gasteiger partial charge >= 0.3 is 6.18 Å². The van der Waals surface area contributed by atoms with E-state index in [0.29, 0.717) is 21.4 Å². The molecule has 0 aliphatic carbocycles. The first-order chi connectivity index (χ1) is 9.84. The Labute approximate surface area is 121 Å². The minimum absolute atomic E-state index is 0.364. The fourth-order valence-corrected chi connectivity index (χ4v) is 2.36. The average molecular weight is 312 g/mol. The highest BCUT2D eigenvalue weighted by Gasteiger charge is 2.33. The summed E-state index contributed by atoms with van der Waals surface area (Å²) in [4.78, 5) is 5.82. The minimum Gasteiger partial charge on any atom is -0.331 e. The minimum atomic E-state index is -4.70. The van der Waals surface area contributed by atoms with Gasteiger partial charge < -0.3 is 9.97 Å². The Balaban J connectivity index is 2.10. The number of H-pyrrole nitrogens is 2. The number of nitrogens with one attached hydrogen (secondary N) is 2. The number of hydrogen-bond donors (Lipinski definition) is 2. The molecule has 0 saturated carbocycles. The summed E-state index contributed by atoms with van der Waals surface area (Å²) in [5.74, 6) is -1.29. The summed E-state index contributed by atoms with van der Waals surface area (Å²) in [5, 5.41) is 0. The molecule has 3 rings (SSSR count). The van der Waals surface area contributed by atoms with Crippen molar-refractivity contribution >= 4 is 23.3 Å². The normalized spacial score (nSPS) is 12.0. The molecular formula is C14H8F4N2S. The van der Waals surface area contributed by atoms with Crippen LogP contribution in [0, 0.1) is 10.6 Å². The third kappa shape index (κ3) is 2.56. The topological polar surface area (TPSA) is 31.6 Å². The predicted octanol–water partition coefficient (Wildman–Crippen LogP) is 5.05. The van der Waals surface area contributed by atoms with E-state index in [4.69, 9.17) is 12.2 Å². The molecule has 2 N–H and O–H groups in total. The molecule has 7 heteroatoms. The van der Waals surface area contributed by atoms with Crippen molar-refractivity contribution in [1.82, 2.24) is 9.97 Å². The van der Waals surface area contributed by atoms with Crippen LogP contribution in [0.1, 0.15) is 5.56 Å². The Hall–Kier alpha value is -2.15. The zero-order chi connectivity index (χ0) is 15.2. The Morgan fingerprint density at radius 1 is 0.857 bits per heavy atom. The SMILES string of the molecule is Fc1cc(-c2ccc3[nH]c(=S)[nH]c3c2)ccc1C(F)(F)F. The van der Waals surface area contributed by atoms with Crippen LogP contribution in [0.3, 0.4) is 0 Å². The first-order valence-electron chi connectivity index (χ1n) is 5.94. The van der Waals surface area contributed by atoms with Gasteiger partial charge in [-0.05, 0) is 47.6 Å². The highest BCUT2D eigenvalue weighted by Crippen LogP contribution is 2.33. The molecule has 21 heavy (non-hydrogen) atoms. The molecule has 0 aliphatic rings. The van der Waals surface area contributed by atoms with Gasteiger partial charge in [0.2, 0.25) is 0 Å². The van der Waals surface area contributed by atoms with Crippen molar-refractivity contribution in [2.24, 2.45) is 0 Å². The molecule has 108 valence electrons. The molecule has 0 radical (unpaired) electrons. The van der Waals surface area contributed by atoms with Crippen LogP contribution in [0.5, 0.6) is 0 Å². The molecule has 0 amide bonds. The van der Waals surface area contributed by atoms with Crippen LogP contribution in [-0.4, -0.2) is 9.97 Å². The fraction of sp³-hybridized carbons (Fsp3) is 0.0714. The smallest absolute Gasteiger partial charge is 0.331 e. The molecule has 3 aromatic rings. The highest BCUT2D eigenvalue weighted by atomic mass is 32.1. The predicted molar refractivity (Wildman–Crippen MR) is 73.9 cm³/mol. The van der Waals surface area contributed by atoms with Crippen molar-refractivity contribution in [3.8, 4) is 11.1 Å². The monoisotopic (exact) mass is 312 g/mol. The summed E-state index contributed by atoms with van der Waals surface area (Å²) in [6.07, 6.45) is -4.70. The Kier molecular flexibility index (Phi) is 3.09. The van der Waals surface area contributed by atoms with Gasteiger partial charge in [0.15, 0.2) is 4.77 Å². The second kappa shape index (κ2) is 4.70. The first kappa shape index (κ1) is 13.8. The molecule has 0 bridgehead atoms. The third-order valence-electron chi connectivity index (χ3n) is 3.12. The van der Waals surface area contributed by atoms with Gasteiger partial charge in [-0.3, -0.25) is 0 Å². The zero-order valence-corrected chi connectivity index (χ0v) is 11.2. The number of alkyl halides is 3. The summed E-state index contributed by atoms with van der Waals surface area (Å²) < 4.78 is 51.6. The molecule has 2 nitrogen and oxygen atoms in total. The lowest BCUT2D eigenvalue weighted by atomic mass is 10.0. The van der Waals surface area contributed by atoms with Crippen molar-refractivity contribution < 1.29 is 17.6 Å². The van der Waals surface area contributed by atoms with Crippen LogP contribution in [0.25, 0.3) is 22.2 Å². The molecule has 2 aromatic carbocycles. The molecule has 1 aromatic heterocycles. The number of benzene rings is 2. The summed E-state index contributed by atoms with van der Waals surface area (Å²) >= 11 is 4.96. The van der Waals surface area contributed by atoms with Crippen molar-refractivity contribution in [2.75, 3.05) is 0 Å². The molecule has 0 aliphatic heterocycles. The number of halogens is 4. The van der Waals surface area contributed by atoms with Gasteiger partial charge in [-0.25, -0.2) is 4.39 Å². The lowest BCUT2D eigenvalue weighted by Crippen LogP contribution is -2.07. The lowest BCUT2D eigenvalue weighted by Gasteiger charge is -2.09. The lowest BCUT2D eigenvalue weighted by molar-refractivity contribution is -0.139. The summed E-state index contributed by atoms with van der Waals surface area (Å²) in [5.41, 5.74) is 1.17. The Bertz CT molecular complexity index is 877. The summed E-state index contributed by atoms with van der Waals surface area (Å²) in [6, 6.07) is 7.98. The maximum absolute atomic E-state index is 13.6. The van der Waals surface area contributed by atoms with E-state index in [1.807, 2.05) is 0 Å².